The monoisotopic (exact) mass is 490 g/mol. The van der Waals surface area contributed by atoms with Gasteiger partial charge in [-0.1, -0.05) is 35.9 Å². The zero-order chi connectivity index (χ0) is 20.1. The second-order valence-electron chi connectivity index (χ2n) is 9.21. The number of rotatable bonds is 6. The number of ether oxygens (including phenoxy) is 3. The lowest BCUT2D eigenvalue weighted by molar-refractivity contribution is -0.254. The fourth-order valence-corrected chi connectivity index (χ4v) is 6.69. The predicted octanol–water partition coefficient (Wildman–Crippen LogP) is 4.76. The lowest BCUT2D eigenvalue weighted by Gasteiger charge is -2.64. The maximum atomic E-state index is 13.0. The summed E-state index contributed by atoms with van der Waals surface area (Å²) in [4.78, 5) is 13.0. The summed E-state index contributed by atoms with van der Waals surface area (Å²) < 4.78 is 17.8. The Hall–Kier alpha value is -0.860. The molecule has 7 heteroatoms. The molecule has 27 heavy (non-hydrogen) atoms. The van der Waals surface area contributed by atoms with Gasteiger partial charge in [-0.25, -0.2) is 0 Å². The number of carbonyl (C=O) groups excluding carboxylic acids is 1. The van der Waals surface area contributed by atoms with E-state index in [1.807, 2.05) is 6.92 Å². The molecule has 0 aliphatic heterocycles. The van der Waals surface area contributed by atoms with E-state index in [4.69, 9.17) is 25.0 Å². The molecule has 6 nitrogen and oxygen atoms in total. The largest absolute Gasteiger partial charge is 0.475 e. The smallest absolute Gasteiger partial charge is 0.322 e. The maximum absolute atomic E-state index is 13.0. The lowest BCUT2D eigenvalue weighted by Crippen LogP contribution is -2.69. The van der Waals surface area contributed by atoms with Crippen LogP contribution in [-0.4, -0.2) is 38.0 Å². The Balaban J connectivity index is 1.92. The quantitative estimate of drug-likeness (QED) is 0.185. The Bertz CT molecular complexity index is 630. The molecule has 4 aliphatic carbocycles. The Kier molecular flexibility index (Phi) is 5.32. The molecule has 4 aliphatic rings. The highest BCUT2D eigenvalue weighted by Gasteiger charge is 2.68. The van der Waals surface area contributed by atoms with Gasteiger partial charge in [0.1, 0.15) is 20.2 Å². The average Bonchev–Trinajstić information content (AvgIpc) is 2.41. The molecule has 0 heterocycles. The van der Waals surface area contributed by atoms with E-state index in [0.29, 0.717) is 25.2 Å². The van der Waals surface area contributed by atoms with Crippen LogP contribution >= 0.6 is 22.6 Å². The first-order chi connectivity index (χ1) is 12.4. The topological polar surface area (TPSA) is 92.5 Å². The molecule has 0 saturated heterocycles. The van der Waals surface area contributed by atoms with Crippen molar-refractivity contribution in [1.29, 1.82) is 10.8 Å². The summed E-state index contributed by atoms with van der Waals surface area (Å²) in [7, 11) is 0. The third kappa shape index (κ3) is 4.12. The number of hydrogen-bond donors (Lipinski definition) is 2. The molecular formula is C20H31IN2O4. The normalized spacial score (nSPS) is 38.8. The number of esters is 1. The Morgan fingerprint density at radius 1 is 1.00 bits per heavy atom. The molecular weight excluding hydrogens is 459 g/mol. The van der Waals surface area contributed by atoms with Crippen molar-refractivity contribution in [3.05, 3.63) is 0 Å². The van der Waals surface area contributed by atoms with E-state index in [0.717, 1.165) is 32.1 Å². The zero-order valence-electron chi connectivity index (χ0n) is 16.7. The zero-order valence-corrected chi connectivity index (χ0v) is 18.9. The van der Waals surface area contributed by atoms with Crippen LogP contribution in [0.4, 0.5) is 0 Å². The van der Waals surface area contributed by atoms with Crippen molar-refractivity contribution in [3.63, 3.8) is 0 Å². The standard InChI is InChI=1S/C20H31IN2O4/c1-5-6-17(4,21)16(24)27-20-9-15-7-18(11-20,25-13(2)22)10-19(8-15,12-20)26-14(3)23/h15,22-23H,5-12H2,1-4H3. The highest BCUT2D eigenvalue weighted by Crippen LogP contribution is 2.63. The second kappa shape index (κ2) is 6.88. The maximum Gasteiger partial charge on any atom is 0.322 e. The molecule has 0 aromatic rings. The van der Waals surface area contributed by atoms with E-state index in [1.54, 1.807) is 13.8 Å². The van der Waals surface area contributed by atoms with E-state index in [9.17, 15) is 4.79 Å². The molecule has 0 amide bonds. The first-order valence-electron chi connectivity index (χ1n) is 9.84. The van der Waals surface area contributed by atoms with Crippen molar-refractivity contribution < 1.29 is 19.0 Å². The minimum atomic E-state index is -0.623. The van der Waals surface area contributed by atoms with E-state index in [1.165, 1.54) is 0 Å². The molecule has 3 atom stereocenters. The number of carbonyl (C=O) groups is 1. The number of halogens is 1. The lowest BCUT2D eigenvalue weighted by atomic mass is 9.50. The van der Waals surface area contributed by atoms with Gasteiger partial charge in [-0.2, -0.15) is 0 Å². The molecule has 3 unspecified atom stereocenters. The molecule has 2 N–H and O–H groups in total. The fraction of sp³-hybridized carbons (Fsp3) is 0.850. The van der Waals surface area contributed by atoms with Crippen LogP contribution in [0, 0.1) is 16.7 Å². The minimum absolute atomic E-state index is 0.171. The van der Waals surface area contributed by atoms with Gasteiger partial charge in [0.15, 0.2) is 11.8 Å². The van der Waals surface area contributed by atoms with Gasteiger partial charge in [-0.3, -0.25) is 15.6 Å². The van der Waals surface area contributed by atoms with Crippen LogP contribution in [0.3, 0.4) is 0 Å². The van der Waals surface area contributed by atoms with Gasteiger partial charge in [-0.05, 0) is 38.5 Å². The fourth-order valence-electron chi connectivity index (χ4n) is 6.04. The third-order valence-corrected chi connectivity index (χ3v) is 7.09. The minimum Gasteiger partial charge on any atom is -0.475 e. The molecule has 0 spiro atoms. The highest BCUT2D eigenvalue weighted by molar-refractivity contribution is 14.1. The van der Waals surface area contributed by atoms with Crippen LogP contribution in [0.1, 0.15) is 79.1 Å². The van der Waals surface area contributed by atoms with Crippen LogP contribution in [0.25, 0.3) is 0 Å². The molecule has 4 bridgehead atoms. The van der Waals surface area contributed by atoms with Crippen LogP contribution in [0.5, 0.6) is 0 Å². The Morgan fingerprint density at radius 3 is 1.78 bits per heavy atom. The van der Waals surface area contributed by atoms with Crippen molar-refractivity contribution in [2.45, 2.75) is 99.3 Å². The third-order valence-electron chi connectivity index (χ3n) is 6.11. The van der Waals surface area contributed by atoms with E-state index < -0.39 is 20.2 Å². The summed E-state index contributed by atoms with van der Waals surface area (Å²) in [6, 6.07) is 0. The number of nitrogens with one attached hydrogen (secondary N) is 2. The summed E-state index contributed by atoms with van der Waals surface area (Å²) >= 11 is 2.20. The average molecular weight is 490 g/mol. The Labute approximate surface area is 175 Å². The molecule has 0 aromatic heterocycles. The summed E-state index contributed by atoms with van der Waals surface area (Å²) in [6.45, 7) is 7.30. The molecule has 4 rings (SSSR count). The van der Waals surface area contributed by atoms with Gasteiger partial charge in [0, 0.05) is 33.1 Å². The number of alkyl halides is 1. The summed E-state index contributed by atoms with van der Waals surface area (Å²) in [5, 5.41) is 15.8. The van der Waals surface area contributed by atoms with Crippen LogP contribution in [0.2, 0.25) is 0 Å². The first-order valence-corrected chi connectivity index (χ1v) is 10.9. The van der Waals surface area contributed by atoms with Gasteiger partial charge in [0.2, 0.25) is 0 Å². The van der Waals surface area contributed by atoms with Crippen molar-refractivity contribution in [1.82, 2.24) is 0 Å². The molecule has 4 fully saturated rings. The van der Waals surface area contributed by atoms with Crippen molar-refractivity contribution in [2.24, 2.45) is 5.92 Å². The van der Waals surface area contributed by atoms with Gasteiger partial charge in [0.25, 0.3) is 0 Å². The van der Waals surface area contributed by atoms with Crippen molar-refractivity contribution in [2.75, 3.05) is 0 Å². The first kappa shape index (κ1) is 20.9. The van der Waals surface area contributed by atoms with Crippen LogP contribution in [-0.2, 0) is 19.0 Å². The van der Waals surface area contributed by atoms with Gasteiger partial charge in [0.05, 0.1) is 0 Å². The second-order valence-corrected chi connectivity index (χ2v) is 11.6. The summed E-state index contributed by atoms with van der Waals surface area (Å²) in [6.07, 6.45) is 6.11. The van der Waals surface area contributed by atoms with Gasteiger partial charge < -0.3 is 14.2 Å². The SMILES string of the molecule is CCCC(C)(I)C(=O)OC12CC3CC(OC(C)=N)(CC(OC(C)=N)(C3)C1)C2. The molecule has 152 valence electrons. The van der Waals surface area contributed by atoms with Gasteiger partial charge in [-0.15, -0.1) is 0 Å². The summed E-state index contributed by atoms with van der Waals surface area (Å²) in [5.74, 6) is 0.518. The van der Waals surface area contributed by atoms with E-state index in [2.05, 4.69) is 29.5 Å². The van der Waals surface area contributed by atoms with Crippen LogP contribution < -0.4 is 0 Å². The molecule has 0 radical (unpaired) electrons. The summed E-state index contributed by atoms with van der Waals surface area (Å²) in [5.41, 5.74) is -1.69. The highest BCUT2D eigenvalue weighted by atomic mass is 127. The van der Waals surface area contributed by atoms with E-state index in [-0.39, 0.29) is 17.8 Å². The number of hydrogen-bond acceptors (Lipinski definition) is 6. The Morgan fingerprint density at radius 2 is 1.41 bits per heavy atom. The molecule has 4 saturated carbocycles. The predicted molar refractivity (Wildman–Crippen MR) is 112 cm³/mol. The van der Waals surface area contributed by atoms with Crippen molar-refractivity contribution in [3.8, 4) is 0 Å². The van der Waals surface area contributed by atoms with Crippen LogP contribution in [0.15, 0.2) is 0 Å². The van der Waals surface area contributed by atoms with E-state index >= 15 is 0 Å². The van der Waals surface area contributed by atoms with Crippen molar-refractivity contribution >= 4 is 40.4 Å². The molecule has 0 aromatic carbocycles. The van der Waals surface area contributed by atoms with Gasteiger partial charge >= 0.3 is 5.97 Å².